The molecule has 3 nitrogen and oxygen atoms in total. The quantitative estimate of drug-likeness (QED) is 0.839. The van der Waals surface area contributed by atoms with Gasteiger partial charge in [0.1, 0.15) is 0 Å². The molecule has 2 aromatic rings. The molecule has 2 N–H and O–H groups in total. The van der Waals surface area contributed by atoms with Gasteiger partial charge in [-0.2, -0.15) is 0 Å². The van der Waals surface area contributed by atoms with E-state index in [-0.39, 0.29) is 0 Å². The molecule has 0 radical (unpaired) electrons. The number of carbonyl (C=O) groups is 1. The first-order valence-electron chi connectivity index (χ1n) is 7.20. The van der Waals surface area contributed by atoms with Gasteiger partial charge in [-0.05, 0) is 23.1 Å². The molecule has 0 aliphatic heterocycles. The first-order chi connectivity index (χ1) is 10.1. The van der Waals surface area contributed by atoms with Crippen LogP contribution in [0.15, 0.2) is 54.6 Å². The molecule has 1 atom stereocenters. The van der Waals surface area contributed by atoms with Gasteiger partial charge in [0, 0.05) is 12.2 Å². The van der Waals surface area contributed by atoms with E-state index in [1.165, 1.54) is 5.56 Å². The minimum Gasteiger partial charge on any atom is -0.481 e. The van der Waals surface area contributed by atoms with E-state index in [1.54, 1.807) is 0 Å². The van der Waals surface area contributed by atoms with Gasteiger partial charge in [0.15, 0.2) is 0 Å². The predicted molar refractivity (Wildman–Crippen MR) is 85.8 cm³/mol. The van der Waals surface area contributed by atoms with Crippen molar-refractivity contribution in [3.05, 3.63) is 65.7 Å². The lowest BCUT2D eigenvalue weighted by atomic mass is 9.98. The molecule has 110 valence electrons. The van der Waals surface area contributed by atoms with Crippen LogP contribution in [0.1, 0.15) is 36.8 Å². The standard InChI is InChI=1S/C18H21NO2/c1-13(2)15-10-6-7-11-17(15)19-12-16(18(20)21)14-8-4-3-5-9-14/h3-11,13,16,19H,12H2,1-2H3,(H,20,21). The number of benzene rings is 2. The Labute approximate surface area is 125 Å². The molecule has 2 aromatic carbocycles. The van der Waals surface area contributed by atoms with Gasteiger partial charge in [-0.3, -0.25) is 4.79 Å². The highest BCUT2D eigenvalue weighted by atomic mass is 16.4. The van der Waals surface area contributed by atoms with Crippen LogP contribution in [0.5, 0.6) is 0 Å². The van der Waals surface area contributed by atoms with Crippen molar-refractivity contribution in [2.45, 2.75) is 25.7 Å². The van der Waals surface area contributed by atoms with E-state index in [9.17, 15) is 9.90 Å². The number of nitrogens with one attached hydrogen (secondary N) is 1. The van der Waals surface area contributed by atoms with E-state index in [0.717, 1.165) is 11.3 Å². The molecule has 21 heavy (non-hydrogen) atoms. The summed E-state index contributed by atoms with van der Waals surface area (Å²) in [4.78, 5) is 11.5. The van der Waals surface area contributed by atoms with E-state index in [2.05, 4.69) is 25.2 Å². The normalized spacial score (nSPS) is 12.1. The van der Waals surface area contributed by atoms with Crippen molar-refractivity contribution in [2.24, 2.45) is 0 Å². The maximum absolute atomic E-state index is 11.5. The number of rotatable bonds is 6. The van der Waals surface area contributed by atoms with Gasteiger partial charge in [0.05, 0.1) is 5.92 Å². The number of anilines is 1. The van der Waals surface area contributed by atoms with E-state index < -0.39 is 11.9 Å². The van der Waals surface area contributed by atoms with Crippen molar-refractivity contribution in [2.75, 3.05) is 11.9 Å². The summed E-state index contributed by atoms with van der Waals surface area (Å²) >= 11 is 0. The number of carboxylic acid groups (broad SMARTS) is 1. The minimum atomic E-state index is -0.810. The molecule has 0 aliphatic carbocycles. The Hall–Kier alpha value is -2.29. The molecule has 3 heteroatoms. The summed E-state index contributed by atoms with van der Waals surface area (Å²) in [6.07, 6.45) is 0. The summed E-state index contributed by atoms with van der Waals surface area (Å²) < 4.78 is 0. The van der Waals surface area contributed by atoms with Crippen molar-refractivity contribution >= 4 is 11.7 Å². The summed E-state index contributed by atoms with van der Waals surface area (Å²) in [5.74, 6) is -0.962. The summed E-state index contributed by atoms with van der Waals surface area (Å²) in [5.41, 5.74) is 3.03. The van der Waals surface area contributed by atoms with Gasteiger partial charge in [-0.15, -0.1) is 0 Å². The van der Waals surface area contributed by atoms with Gasteiger partial charge >= 0.3 is 5.97 Å². The molecule has 0 aromatic heterocycles. The molecule has 0 heterocycles. The summed E-state index contributed by atoms with van der Waals surface area (Å²) in [7, 11) is 0. The van der Waals surface area contributed by atoms with Crippen molar-refractivity contribution in [3.63, 3.8) is 0 Å². The van der Waals surface area contributed by atoms with Crippen LogP contribution in [-0.2, 0) is 4.79 Å². The van der Waals surface area contributed by atoms with Gasteiger partial charge < -0.3 is 10.4 Å². The first kappa shape index (κ1) is 15.1. The lowest BCUT2D eigenvalue weighted by Crippen LogP contribution is -2.21. The van der Waals surface area contributed by atoms with Crippen molar-refractivity contribution < 1.29 is 9.90 Å². The van der Waals surface area contributed by atoms with Gasteiger partial charge in [-0.25, -0.2) is 0 Å². The fourth-order valence-corrected chi connectivity index (χ4v) is 2.41. The molecule has 0 saturated heterocycles. The second-order valence-electron chi connectivity index (χ2n) is 5.42. The second kappa shape index (κ2) is 6.93. The smallest absolute Gasteiger partial charge is 0.312 e. The highest BCUT2D eigenvalue weighted by Crippen LogP contribution is 2.25. The van der Waals surface area contributed by atoms with E-state index in [0.29, 0.717) is 12.5 Å². The number of carboxylic acids is 1. The van der Waals surface area contributed by atoms with E-state index in [4.69, 9.17) is 0 Å². The maximum atomic E-state index is 11.5. The molecule has 2 rings (SSSR count). The fraction of sp³-hybridized carbons (Fsp3) is 0.278. The number of para-hydroxylation sites is 1. The highest BCUT2D eigenvalue weighted by molar-refractivity contribution is 5.77. The average molecular weight is 283 g/mol. The van der Waals surface area contributed by atoms with Crippen LogP contribution in [0, 0.1) is 0 Å². The minimum absolute atomic E-state index is 0.378. The molecule has 0 bridgehead atoms. The van der Waals surface area contributed by atoms with E-state index in [1.807, 2.05) is 48.5 Å². The molecule has 0 saturated carbocycles. The Bertz CT molecular complexity index is 593. The first-order valence-corrected chi connectivity index (χ1v) is 7.20. The van der Waals surface area contributed by atoms with Crippen LogP contribution < -0.4 is 5.32 Å². The summed E-state index contributed by atoms with van der Waals surface area (Å²) in [6, 6.07) is 17.4. The van der Waals surface area contributed by atoms with Gasteiger partial charge in [0.2, 0.25) is 0 Å². The molecule has 1 unspecified atom stereocenters. The third-order valence-electron chi connectivity index (χ3n) is 3.58. The molecule has 0 fully saturated rings. The zero-order valence-corrected chi connectivity index (χ0v) is 12.4. The summed E-state index contributed by atoms with van der Waals surface area (Å²) in [6.45, 7) is 4.64. The Morgan fingerprint density at radius 2 is 1.67 bits per heavy atom. The fourth-order valence-electron chi connectivity index (χ4n) is 2.41. The number of hydrogen-bond acceptors (Lipinski definition) is 2. The Morgan fingerprint density at radius 3 is 2.29 bits per heavy atom. The second-order valence-corrected chi connectivity index (χ2v) is 5.42. The topological polar surface area (TPSA) is 49.3 Å². The number of hydrogen-bond donors (Lipinski definition) is 2. The average Bonchev–Trinajstić information content (AvgIpc) is 2.48. The highest BCUT2D eigenvalue weighted by Gasteiger charge is 2.19. The lowest BCUT2D eigenvalue weighted by Gasteiger charge is -2.18. The third-order valence-corrected chi connectivity index (χ3v) is 3.58. The molecular weight excluding hydrogens is 262 g/mol. The Morgan fingerprint density at radius 1 is 1.05 bits per heavy atom. The van der Waals surface area contributed by atoms with Crippen LogP contribution in [0.25, 0.3) is 0 Å². The molecule has 0 spiro atoms. The number of aliphatic carboxylic acids is 1. The monoisotopic (exact) mass is 283 g/mol. The SMILES string of the molecule is CC(C)c1ccccc1NCC(C(=O)O)c1ccccc1. The largest absolute Gasteiger partial charge is 0.481 e. The maximum Gasteiger partial charge on any atom is 0.312 e. The van der Waals surface area contributed by atoms with Crippen LogP contribution >= 0.6 is 0 Å². The van der Waals surface area contributed by atoms with Crippen LogP contribution in [-0.4, -0.2) is 17.6 Å². The molecule has 0 amide bonds. The third kappa shape index (κ3) is 3.85. The van der Waals surface area contributed by atoms with E-state index >= 15 is 0 Å². The zero-order chi connectivity index (χ0) is 15.2. The zero-order valence-electron chi connectivity index (χ0n) is 12.4. The van der Waals surface area contributed by atoms with Gasteiger partial charge in [0.25, 0.3) is 0 Å². The van der Waals surface area contributed by atoms with Crippen molar-refractivity contribution in [1.29, 1.82) is 0 Å². The predicted octanol–water partition coefficient (Wildman–Crippen LogP) is 4.09. The molecular formula is C18H21NO2. The van der Waals surface area contributed by atoms with Crippen molar-refractivity contribution in [3.8, 4) is 0 Å². The van der Waals surface area contributed by atoms with Crippen LogP contribution in [0.4, 0.5) is 5.69 Å². The molecule has 0 aliphatic rings. The summed E-state index contributed by atoms with van der Waals surface area (Å²) in [5, 5.41) is 12.7. The van der Waals surface area contributed by atoms with Crippen LogP contribution in [0.2, 0.25) is 0 Å². The van der Waals surface area contributed by atoms with Crippen LogP contribution in [0.3, 0.4) is 0 Å². The Kier molecular flexibility index (Phi) is 4.99. The van der Waals surface area contributed by atoms with Crippen molar-refractivity contribution in [1.82, 2.24) is 0 Å². The van der Waals surface area contributed by atoms with Gasteiger partial charge in [-0.1, -0.05) is 62.4 Å². The Balaban J connectivity index is 2.15. The lowest BCUT2D eigenvalue weighted by molar-refractivity contribution is -0.138.